The number of halogens is 2. The van der Waals surface area contributed by atoms with Gasteiger partial charge in [0.15, 0.2) is 11.3 Å². The lowest BCUT2D eigenvalue weighted by Gasteiger charge is -2.36. The third kappa shape index (κ3) is 11.5. The highest BCUT2D eigenvalue weighted by Gasteiger charge is 2.30. The molecule has 8 aromatic rings. The van der Waals surface area contributed by atoms with E-state index in [2.05, 4.69) is 52.3 Å². The summed E-state index contributed by atoms with van der Waals surface area (Å²) in [5.74, 6) is -1.42. The highest BCUT2D eigenvalue weighted by molar-refractivity contribution is 6.02. The van der Waals surface area contributed by atoms with Crippen molar-refractivity contribution < 1.29 is 32.8 Å². The zero-order valence-corrected chi connectivity index (χ0v) is 45.4. The fourth-order valence-electron chi connectivity index (χ4n) is 9.75. The second-order valence-corrected chi connectivity index (χ2v) is 21.4. The number of non-ortho nitro benzene ring substituents is 1. The van der Waals surface area contributed by atoms with Crippen LogP contribution in [0.5, 0.6) is 0 Å². The Morgan fingerprint density at radius 1 is 0.625 bits per heavy atom. The Kier molecular flexibility index (Phi) is 15.1. The standard InChI is InChI=1S/C29H28FN7O4.C29H30FN7O2/c1-17-24-25(18-5-7-19(8-6-18)35-11-13-36(14-12-35)28(38)41-29(2,3)4)22(16-31)26(32-27(24)34-33-17)21-10-9-20(37(39)40)15-23(21)30;1-17-24-25(22(16-31)26(33-27(24)35-34-17)21-10-7-19(32)15-23(21)30)18-5-8-20(9-6-18)36-11-13-37(14-12-36)28(38)39-29(2,3)4/h5-10,15H,11-14H2,1-4H3,(H,32,33,34);5-10,15H,11-14,32H2,1-4H3,(H,33,34,35). The predicted octanol–water partition coefficient (Wildman–Crippen LogP) is 10.8. The number of anilines is 3. The lowest BCUT2D eigenvalue weighted by Crippen LogP contribution is -2.50. The topological polar surface area (TPSA) is 265 Å². The fraction of sp³-hybridized carbons (Fsp3) is 0.310. The zero-order valence-electron chi connectivity index (χ0n) is 45.4. The van der Waals surface area contributed by atoms with Gasteiger partial charge < -0.3 is 34.8 Å². The molecule has 4 aromatic carbocycles. The van der Waals surface area contributed by atoms with Crippen molar-refractivity contribution in [2.24, 2.45) is 0 Å². The maximum atomic E-state index is 15.0. The van der Waals surface area contributed by atoms with Crippen LogP contribution in [0.2, 0.25) is 0 Å². The first kappa shape index (κ1) is 55.1. The number of aryl methyl sites for hydroxylation is 2. The van der Waals surface area contributed by atoms with Gasteiger partial charge in [0, 0.05) is 109 Å². The summed E-state index contributed by atoms with van der Waals surface area (Å²) in [5, 5.41) is 47.3. The fourth-order valence-corrected chi connectivity index (χ4v) is 9.75. The number of aromatic nitrogens is 6. The first-order valence-corrected chi connectivity index (χ1v) is 25.8. The number of nitrogens with two attached hydrogens (primary N) is 1. The van der Waals surface area contributed by atoms with Crippen LogP contribution in [0.4, 0.5) is 41.1 Å². The number of hydrogen-bond donors (Lipinski definition) is 3. The van der Waals surface area contributed by atoms with Gasteiger partial charge in [-0.05, 0) is 115 Å². The molecule has 10 rings (SSSR count). The number of carbonyl (C=O) groups excluding carboxylic acids is 2. The molecule has 0 saturated carbocycles. The molecular weight excluding hydrogens is 1030 g/mol. The minimum Gasteiger partial charge on any atom is -0.444 e. The third-order valence-corrected chi connectivity index (χ3v) is 13.6. The number of fused-ring (bicyclic) bond motifs is 2. The van der Waals surface area contributed by atoms with Gasteiger partial charge in [0.1, 0.15) is 35.0 Å². The number of rotatable bonds is 7. The molecule has 2 amide bonds. The molecule has 0 spiro atoms. The number of nitrogens with one attached hydrogen (secondary N) is 2. The van der Waals surface area contributed by atoms with E-state index in [9.17, 15) is 34.6 Å². The van der Waals surface area contributed by atoms with Crippen LogP contribution in [0.1, 0.15) is 64.1 Å². The SMILES string of the molecule is Cc1[nH]nc2nc(-c3ccc(N)cc3F)c(C#N)c(-c3ccc(N4CCN(C(=O)OC(C)(C)C)CC4)cc3)c12.Cc1[nH]nc2nc(-c3ccc([N+](=O)[O-])cc3F)c(C#N)c(-c3ccc(N4CCN(C(=O)OC(C)(C)C)CC4)cc3)c12. The molecule has 2 aliphatic rings. The van der Waals surface area contributed by atoms with E-state index in [-0.39, 0.29) is 51.5 Å². The van der Waals surface area contributed by atoms with E-state index in [4.69, 9.17) is 15.2 Å². The van der Waals surface area contributed by atoms with E-state index < -0.39 is 33.4 Å². The van der Waals surface area contributed by atoms with Crippen molar-refractivity contribution in [3.05, 3.63) is 129 Å². The van der Waals surface area contributed by atoms with E-state index in [0.717, 1.165) is 28.7 Å². The van der Waals surface area contributed by atoms with E-state index in [0.29, 0.717) is 96.8 Å². The summed E-state index contributed by atoms with van der Waals surface area (Å²) in [5.41, 5.74) is 12.1. The van der Waals surface area contributed by atoms with Crippen LogP contribution in [0.3, 0.4) is 0 Å². The summed E-state index contributed by atoms with van der Waals surface area (Å²) in [6.07, 6.45) is -0.624. The molecule has 2 saturated heterocycles. The summed E-state index contributed by atoms with van der Waals surface area (Å²) in [7, 11) is 0. The van der Waals surface area contributed by atoms with Gasteiger partial charge in [0.2, 0.25) is 0 Å². The van der Waals surface area contributed by atoms with E-state index in [1.807, 2.05) is 104 Å². The monoisotopic (exact) mass is 1080 g/mol. The normalized spacial score (nSPS) is 13.8. The number of pyridine rings is 2. The van der Waals surface area contributed by atoms with Crippen molar-refractivity contribution in [3.63, 3.8) is 0 Å². The number of nitrogens with zero attached hydrogens (tertiary/aromatic N) is 11. The quantitative estimate of drug-likeness (QED) is 0.0761. The van der Waals surface area contributed by atoms with Crippen molar-refractivity contribution in [3.8, 4) is 56.9 Å². The smallest absolute Gasteiger partial charge is 0.410 e. The first-order chi connectivity index (χ1) is 38.0. The van der Waals surface area contributed by atoms with Crippen molar-refractivity contribution in [1.29, 1.82) is 10.5 Å². The number of nitrogen functional groups attached to an aromatic ring is 1. The van der Waals surface area contributed by atoms with Crippen LogP contribution >= 0.6 is 0 Å². The molecule has 20 nitrogen and oxygen atoms in total. The predicted molar refractivity (Wildman–Crippen MR) is 299 cm³/mol. The molecule has 0 radical (unpaired) electrons. The average Bonchev–Trinajstić information content (AvgIpc) is 4.16. The van der Waals surface area contributed by atoms with Crippen molar-refractivity contribution >= 4 is 57.0 Å². The maximum absolute atomic E-state index is 15.0. The molecule has 22 heteroatoms. The number of benzene rings is 4. The molecule has 80 heavy (non-hydrogen) atoms. The molecule has 0 unspecified atom stereocenters. The van der Waals surface area contributed by atoms with E-state index >= 15 is 4.39 Å². The molecular formula is C58H58F2N14O6. The molecule has 4 aromatic heterocycles. The van der Waals surface area contributed by atoms with Gasteiger partial charge in [-0.15, -0.1) is 0 Å². The molecule has 0 aliphatic carbocycles. The zero-order chi connectivity index (χ0) is 57.4. The Morgan fingerprint density at radius 2 is 1.01 bits per heavy atom. The van der Waals surface area contributed by atoms with Crippen molar-refractivity contribution in [2.75, 3.05) is 67.9 Å². The van der Waals surface area contributed by atoms with Crippen LogP contribution in [0.25, 0.3) is 66.8 Å². The number of H-pyrrole nitrogens is 2. The van der Waals surface area contributed by atoms with Gasteiger partial charge in [-0.3, -0.25) is 20.3 Å². The summed E-state index contributed by atoms with van der Waals surface area (Å²) in [6, 6.07) is 27.5. The van der Waals surface area contributed by atoms with Gasteiger partial charge in [-0.2, -0.15) is 20.7 Å². The molecule has 4 N–H and O–H groups in total. The Bertz CT molecular complexity index is 3780. The van der Waals surface area contributed by atoms with Crippen LogP contribution in [0.15, 0.2) is 84.9 Å². The Balaban J connectivity index is 0.000000194. The number of hydrogen-bond acceptors (Lipinski definition) is 15. The van der Waals surface area contributed by atoms with Gasteiger partial charge >= 0.3 is 12.2 Å². The number of carbonyl (C=O) groups is 2. The number of amides is 2. The Morgan fingerprint density at radius 3 is 1.36 bits per heavy atom. The van der Waals surface area contributed by atoms with Crippen LogP contribution in [-0.4, -0.2) is 121 Å². The number of nitriles is 2. The van der Waals surface area contributed by atoms with Crippen molar-refractivity contribution in [2.45, 2.75) is 66.6 Å². The van der Waals surface area contributed by atoms with Gasteiger partial charge in [-0.1, -0.05) is 24.3 Å². The minimum atomic E-state index is -0.860. The second-order valence-electron chi connectivity index (χ2n) is 21.4. The summed E-state index contributed by atoms with van der Waals surface area (Å²) in [6.45, 7) is 19.5. The molecule has 410 valence electrons. The second kappa shape index (κ2) is 22.0. The lowest BCUT2D eigenvalue weighted by atomic mass is 9.93. The van der Waals surface area contributed by atoms with Crippen LogP contribution in [0, 0.1) is 58.3 Å². The molecule has 2 fully saturated rings. The van der Waals surface area contributed by atoms with Crippen LogP contribution < -0.4 is 15.5 Å². The maximum Gasteiger partial charge on any atom is 0.410 e. The first-order valence-electron chi connectivity index (χ1n) is 25.8. The lowest BCUT2D eigenvalue weighted by molar-refractivity contribution is -0.385. The van der Waals surface area contributed by atoms with Crippen molar-refractivity contribution in [1.82, 2.24) is 40.2 Å². The Labute approximate surface area is 459 Å². The minimum absolute atomic E-state index is 0.0320. The van der Waals surface area contributed by atoms with E-state index in [1.165, 1.54) is 24.3 Å². The number of piperazine rings is 2. The van der Waals surface area contributed by atoms with Gasteiger partial charge in [0.25, 0.3) is 5.69 Å². The van der Waals surface area contributed by atoms with Crippen LogP contribution in [-0.2, 0) is 9.47 Å². The van der Waals surface area contributed by atoms with Gasteiger partial charge in [0.05, 0.1) is 44.3 Å². The summed E-state index contributed by atoms with van der Waals surface area (Å²) < 4.78 is 40.9. The average molecular weight is 1090 g/mol. The summed E-state index contributed by atoms with van der Waals surface area (Å²) >= 11 is 0. The van der Waals surface area contributed by atoms with Gasteiger partial charge in [-0.25, -0.2) is 28.3 Å². The summed E-state index contributed by atoms with van der Waals surface area (Å²) in [4.78, 5) is 52.1. The Hall–Kier alpha value is -9.70. The molecule has 6 heterocycles. The van der Waals surface area contributed by atoms with E-state index in [1.54, 1.807) is 15.9 Å². The molecule has 2 aliphatic heterocycles. The number of nitro benzene ring substituents is 1. The molecule has 0 atom stereocenters. The largest absolute Gasteiger partial charge is 0.444 e. The number of ether oxygens (including phenoxy) is 2. The molecule has 0 bridgehead atoms. The highest BCUT2D eigenvalue weighted by atomic mass is 19.1. The third-order valence-electron chi connectivity index (χ3n) is 13.6. The highest BCUT2D eigenvalue weighted by Crippen LogP contribution is 2.41. The number of nitro groups is 1. The number of aromatic amines is 2.